The summed E-state index contributed by atoms with van der Waals surface area (Å²) in [5, 5.41) is 16.7. The summed E-state index contributed by atoms with van der Waals surface area (Å²) in [7, 11) is 1.67. The summed E-state index contributed by atoms with van der Waals surface area (Å²) in [4.78, 5) is 0. The molecule has 3 aromatic rings. The van der Waals surface area contributed by atoms with Gasteiger partial charge in [0.1, 0.15) is 5.75 Å². The van der Waals surface area contributed by atoms with Gasteiger partial charge in [0.2, 0.25) is 0 Å². The fraction of sp³-hybridized carbons (Fsp3) is 0.409. The Kier molecular flexibility index (Phi) is 5.03. The van der Waals surface area contributed by atoms with Crippen LogP contribution in [0.25, 0.3) is 5.69 Å². The normalized spacial score (nSPS) is 16.0. The van der Waals surface area contributed by atoms with Crippen LogP contribution in [0.4, 0.5) is 5.69 Å². The van der Waals surface area contributed by atoms with E-state index in [1.165, 1.54) is 17.5 Å². The first-order valence-corrected chi connectivity index (χ1v) is 9.90. The van der Waals surface area contributed by atoms with Crippen molar-refractivity contribution in [2.45, 2.75) is 51.5 Å². The molecule has 1 fully saturated rings. The smallest absolute Gasteiger partial charge is 0.181 e. The summed E-state index contributed by atoms with van der Waals surface area (Å²) in [5.41, 5.74) is 4.27. The summed E-state index contributed by atoms with van der Waals surface area (Å²) >= 11 is 0. The number of aryl methyl sites for hydroxylation is 2. The largest absolute Gasteiger partial charge is 0.497 e. The average Bonchev–Trinajstić information content (AvgIpc) is 3.22. The molecule has 1 aliphatic carbocycles. The van der Waals surface area contributed by atoms with Crippen LogP contribution in [0, 0.1) is 13.8 Å². The first-order valence-electron chi connectivity index (χ1n) is 9.90. The number of nitrogens with zero attached hydrogens (tertiary/aromatic N) is 4. The first kappa shape index (κ1) is 18.5. The highest BCUT2D eigenvalue weighted by atomic mass is 16.5. The van der Waals surface area contributed by atoms with E-state index in [1.54, 1.807) is 7.11 Å². The molecule has 0 radical (unpaired) electrons. The highest BCUT2D eigenvalue weighted by Crippen LogP contribution is 2.40. The molecule has 1 heterocycles. The van der Waals surface area contributed by atoms with Gasteiger partial charge in [-0.1, -0.05) is 43.0 Å². The summed E-state index contributed by atoms with van der Waals surface area (Å²) in [5.74, 6) is 1.65. The van der Waals surface area contributed by atoms with Gasteiger partial charge in [-0.05, 0) is 60.9 Å². The molecule has 0 saturated heterocycles. The highest BCUT2D eigenvalue weighted by Gasteiger charge is 2.39. The molecule has 0 aliphatic heterocycles. The third-order valence-corrected chi connectivity index (χ3v) is 5.66. The highest BCUT2D eigenvalue weighted by molar-refractivity contribution is 5.54. The molecule has 0 unspecified atom stereocenters. The van der Waals surface area contributed by atoms with Crippen LogP contribution < -0.4 is 10.1 Å². The van der Waals surface area contributed by atoms with E-state index in [4.69, 9.17) is 4.74 Å². The lowest BCUT2D eigenvalue weighted by molar-refractivity contribution is 0.309. The topological polar surface area (TPSA) is 64.9 Å². The molecule has 1 aliphatic rings. The van der Waals surface area contributed by atoms with E-state index < -0.39 is 0 Å². The Morgan fingerprint density at radius 1 is 1.04 bits per heavy atom. The van der Waals surface area contributed by atoms with E-state index in [9.17, 15) is 0 Å². The Morgan fingerprint density at radius 3 is 2.61 bits per heavy atom. The molecule has 0 bridgehead atoms. The van der Waals surface area contributed by atoms with Gasteiger partial charge in [0.05, 0.1) is 18.3 Å². The zero-order valence-corrected chi connectivity index (χ0v) is 16.8. The molecule has 146 valence electrons. The number of ether oxygens (including phenoxy) is 1. The maximum Gasteiger partial charge on any atom is 0.181 e. The standard InChI is InChI=1S/C22H27N5O/c1-16-10-11-20(17(2)14-16)23-22(12-5-4-6-13-22)21-24-25-26-27(21)18-8-7-9-19(15-18)28-3/h7-11,14-15,23H,4-6,12-13H2,1-3H3. The monoisotopic (exact) mass is 377 g/mol. The number of methoxy groups -OCH3 is 1. The van der Waals surface area contributed by atoms with Gasteiger partial charge in [-0.2, -0.15) is 4.68 Å². The molecular formula is C22H27N5O. The van der Waals surface area contributed by atoms with Crippen molar-refractivity contribution >= 4 is 5.69 Å². The molecule has 4 rings (SSSR count). The third kappa shape index (κ3) is 3.46. The molecule has 2 aromatic carbocycles. The Morgan fingerprint density at radius 2 is 1.86 bits per heavy atom. The molecule has 6 nitrogen and oxygen atoms in total. The van der Waals surface area contributed by atoms with Crippen molar-refractivity contribution < 1.29 is 4.74 Å². The lowest BCUT2D eigenvalue weighted by Crippen LogP contribution is -2.40. The van der Waals surface area contributed by atoms with Crippen molar-refractivity contribution in [3.05, 3.63) is 59.4 Å². The zero-order valence-electron chi connectivity index (χ0n) is 16.8. The van der Waals surface area contributed by atoms with Crippen molar-refractivity contribution in [3.63, 3.8) is 0 Å². The Bertz CT molecular complexity index is 959. The number of rotatable bonds is 5. The minimum atomic E-state index is -0.287. The Labute approximate surface area is 165 Å². The molecule has 28 heavy (non-hydrogen) atoms. The summed E-state index contributed by atoms with van der Waals surface area (Å²) < 4.78 is 7.24. The van der Waals surface area contributed by atoms with Gasteiger partial charge in [0.25, 0.3) is 0 Å². The van der Waals surface area contributed by atoms with E-state index in [2.05, 4.69) is 52.9 Å². The summed E-state index contributed by atoms with van der Waals surface area (Å²) in [6.45, 7) is 4.27. The predicted octanol–water partition coefficient (Wildman–Crippen LogP) is 4.56. The number of hydrogen-bond donors (Lipinski definition) is 1. The fourth-order valence-electron chi connectivity index (χ4n) is 4.17. The van der Waals surface area contributed by atoms with Gasteiger partial charge in [-0.25, -0.2) is 0 Å². The number of anilines is 1. The van der Waals surface area contributed by atoms with Gasteiger partial charge in [-0.3, -0.25) is 0 Å². The van der Waals surface area contributed by atoms with Crippen molar-refractivity contribution in [3.8, 4) is 11.4 Å². The number of nitrogens with one attached hydrogen (secondary N) is 1. The maximum absolute atomic E-state index is 5.39. The molecule has 0 amide bonds. The predicted molar refractivity (Wildman–Crippen MR) is 110 cm³/mol. The van der Waals surface area contributed by atoms with Crippen molar-refractivity contribution in [1.82, 2.24) is 20.2 Å². The zero-order chi connectivity index (χ0) is 19.6. The fourth-order valence-corrected chi connectivity index (χ4v) is 4.17. The summed E-state index contributed by atoms with van der Waals surface area (Å²) in [6.07, 6.45) is 5.57. The second-order valence-electron chi connectivity index (χ2n) is 7.70. The Balaban J connectivity index is 1.77. The molecule has 0 spiro atoms. The van der Waals surface area contributed by atoms with E-state index >= 15 is 0 Å². The number of hydrogen-bond acceptors (Lipinski definition) is 5. The van der Waals surface area contributed by atoms with Crippen LogP contribution in [-0.2, 0) is 5.54 Å². The van der Waals surface area contributed by atoms with Crippen LogP contribution in [0.15, 0.2) is 42.5 Å². The second-order valence-corrected chi connectivity index (χ2v) is 7.70. The lowest BCUT2D eigenvalue weighted by atomic mass is 9.80. The van der Waals surface area contributed by atoms with Gasteiger partial charge >= 0.3 is 0 Å². The van der Waals surface area contributed by atoms with Crippen LogP contribution in [0.1, 0.15) is 49.1 Å². The van der Waals surface area contributed by atoms with Crippen molar-refractivity contribution in [2.75, 3.05) is 12.4 Å². The lowest BCUT2D eigenvalue weighted by Gasteiger charge is -2.38. The third-order valence-electron chi connectivity index (χ3n) is 5.66. The van der Waals surface area contributed by atoms with E-state index in [1.807, 2.05) is 28.9 Å². The quantitative estimate of drug-likeness (QED) is 0.706. The molecule has 0 atom stereocenters. The van der Waals surface area contributed by atoms with Crippen molar-refractivity contribution in [1.29, 1.82) is 0 Å². The first-order chi connectivity index (χ1) is 13.6. The molecular weight excluding hydrogens is 350 g/mol. The summed E-state index contributed by atoms with van der Waals surface area (Å²) in [6, 6.07) is 14.4. The van der Waals surface area contributed by atoms with E-state index in [-0.39, 0.29) is 5.54 Å². The van der Waals surface area contributed by atoms with E-state index in [0.29, 0.717) is 0 Å². The van der Waals surface area contributed by atoms with Crippen LogP contribution in [0.2, 0.25) is 0 Å². The number of benzene rings is 2. The number of tetrazole rings is 1. The molecule has 1 aromatic heterocycles. The molecule has 6 heteroatoms. The minimum absolute atomic E-state index is 0.287. The van der Waals surface area contributed by atoms with Crippen LogP contribution >= 0.6 is 0 Å². The van der Waals surface area contributed by atoms with Crippen LogP contribution in [0.3, 0.4) is 0 Å². The van der Waals surface area contributed by atoms with Gasteiger partial charge < -0.3 is 10.1 Å². The molecule has 1 N–H and O–H groups in total. The SMILES string of the molecule is COc1cccc(-n2nnnc2C2(Nc3ccc(C)cc3C)CCCCC2)c1. The number of aromatic nitrogens is 4. The van der Waals surface area contributed by atoms with Gasteiger partial charge in [0, 0.05) is 11.8 Å². The average molecular weight is 377 g/mol. The molecule has 1 saturated carbocycles. The van der Waals surface area contributed by atoms with Gasteiger partial charge in [-0.15, -0.1) is 5.10 Å². The van der Waals surface area contributed by atoms with Crippen LogP contribution in [0.5, 0.6) is 5.75 Å². The van der Waals surface area contributed by atoms with E-state index in [0.717, 1.165) is 48.6 Å². The minimum Gasteiger partial charge on any atom is -0.497 e. The van der Waals surface area contributed by atoms with Crippen molar-refractivity contribution in [2.24, 2.45) is 0 Å². The van der Waals surface area contributed by atoms with Gasteiger partial charge in [0.15, 0.2) is 5.82 Å². The maximum atomic E-state index is 5.39. The Hall–Kier alpha value is -2.89. The second kappa shape index (κ2) is 7.62. The van der Waals surface area contributed by atoms with Crippen LogP contribution in [-0.4, -0.2) is 27.3 Å².